The summed E-state index contributed by atoms with van der Waals surface area (Å²) in [5, 5.41) is 3.47. The summed E-state index contributed by atoms with van der Waals surface area (Å²) in [6.45, 7) is 0. The fourth-order valence-corrected chi connectivity index (χ4v) is 2.13. The summed E-state index contributed by atoms with van der Waals surface area (Å²) in [4.78, 5) is -0.384. The van der Waals surface area contributed by atoms with Gasteiger partial charge >= 0.3 is 0 Å². The van der Waals surface area contributed by atoms with Crippen LogP contribution in [0.1, 0.15) is 0 Å². The smallest absolute Gasteiger partial charge is 0.178 e. The average Bonchev–Trinajstić information content (AvgIpc) is 2.64. The number of aromatic nitrogens is 1. The fourth-order valence-electron chi connectivity index (χ4n) is 1.37. The second-order valence-corrected chi connectivity index (χ2v) is 5.52. The Morgan fingerprint density at radius 3 is 2.59 bits per heavy atom. The van der Waals surface area contributed by atoms with Gasteiger partial charge in [0.05, 0.1) is 0 Å². The van der Waals surface area contributed by atoms with E-state index in [9.17, 15) is 12.8 Å². The molecule has 1 aromatic heterocycles. The second kappa shape index (κ2) is 3.85. The van der Waals surface area contributed by atoms with E-state index in [0.29, 0.717) is 5.56 Å². The van der Waals surface area contributed by atoms with E-state index < -0.39 is 15.7 Å². The minimum Gasteiger partial charge on any atom is -0.381 e. The number of nitrogen functional groups attached to an aromatic ring is 1. The first kappa shape index (κ1) is 11.6. The maximum Gasteiger partial charge on any atom is 0.178 e. The van der Waals surface area contributed by atoms with Crippen molar-refractivity contribution >= 4 is 15.7 Å². The molecule has 0 bridgehead atoms. The average molecular weight is 256 g/mol. The molecule has 0 fully saturated rings. The molecule has 0 saturated heterocycles. The Hall–Kier alpha value is -1.89. The summed E-state index contributed by atoms with van der Waals surface area (Å²) in [6, 6.07) is 5.07. The van der Waals surface area contributed by atoms with Crippen LogP contribution in [0.3, 0.4) is 0 Å². The first-order chi connectivity index (χ1) is 7.88. The van der Waals surface area contributed by atoms with E-state index in [1.54, 1.807) is 0 Å². The molecule has 1 aromatic carbocycles. The van der Waals surface area contributed by atoms with E-state index in [0.717, 1.165) is 12.3 Å². The Bertz CT molecular complexity index is 664. The van der Waals surface area contributed by atoms with Crippen LogP contribution in [0.5, 0.6) is 0 Å². The zero-order chi connectivity index (χ0) is 12.6. The van der Waals surface area contributed by atoms with Crippen LogP contribution in [0.4, 0.5) is 10.2 Å². The number of halogens is 1. The van der Waals surface area contributed by atoms with Crippen molar-refractivity contribution in [3.63, 3.8) is 0 Å². The molecule has 0 aliphatic carbocycles. The monoisotopic (exact) mass is 256 g/mol. The molecule has 17 heavy (non-hydrogen) atoms. The van der Waals surface area contributed by atoms with Crippen molar-refractivity contribution in [2.75, 3.05) is 12.0 Å². The topological polar surface area (TPSA) is 86.2 Å². The highest BCUT2D eigenvalue weighted by atomic mass is 32.2. The minimum atomic E-state index is -3.63. The zero-order valence-electron chi connectivity index (χ0n) is 8.84. The van der Waals surface area contributed by atoms with Gasteiger partial charge in [0.2, 0.25) is 0 Å². The third kappa shape index (κ3) is 2.28. The predicted molar refractivity (Wildman–Crippen MR) is 59.4 cm³/mol. The van der Waals surface area contributed by atoms with E-state index in [2.05, 4.69) is 5.16 Å². The third-order valence-corrected chi connectivity index (χ3v) is 3.26. The molecule has 0 radical (unpaired) electrons. The van der Waals surface area contributed by atoms with Crippen molar-refractivity contribution in [3.05, 3.63) is 30.1 Å². The van der Waals surface area contributed by atoms with E-state index in [1.807, 2.05) is 0 Å². The van der Waals surface area contributed by atoms with Crippen molar-refractivity contribution in [2.24, 2.45) is 0 Å². The highest BCUT2D eigenvalue weighted by molar-refractivity contribution is 7.90. The Morgan fingerprint density at radius 1 is 1.35 bits per heavy atom. The van der Waals surface area contributed by atoms with E-state index in [1.165, 1.54) is 18.2 Å². The lowest BCUT2D eigenvalue weighted by Gasteiger charge is -2.02. The van der Waals surface area contributed by atoms with E-state index >= 15 is 0 Å². The summed E-state index contributed by atoms with van der Waals surface area (Å²) in [6.07, 6.45) is 0.934. The summed E-state index contributed by atoms with van der Waals surface area (Å²) in [5.74, 6) is -0.346. The molecule has 2 rings (SSSR count). The molecule has 2 aromatic rings. The Labute approximate surface area is 96.9 Å². The Balaban J connectivity index is 2.59. The normalized spacial score (nSPS) is 11.6. The second-order valence-electron chi connectivity index (χ2n) is 3.53. The van der Waals surface area contributed by atoms with Crippen LogP contribution >= 0.6 is 0 Å². The van der Waals surface area contributed by atoms with Gasteiger partial charge in [-0.25, -0.2) is 12.8 Å². The van der Waals surface area contributed by atoms with Crippen LogP contribution in [-0.4, -0.2) is 19.8 Å². The Morgan fingerprint density at radius 2 is 2.06 bits per heavy atom. The molecule has 0 amide bonds. The van der Waals surface area contributed by atoms with Gasteiger partial charge in [-0.2, -0.15) is 0 Å². The van der Waals surface area contributed by atoms with Gasteiger partial charge in [-0.15, -0.1) is 0 Å². The van der Waals surface area contributed by atoms with Gasteiger partial charge in [0.15, 0.2) is 21.4 Å². The van der Waals surface area contributed by atoms with E-state index in [4.69, 9.17) is 10.3 Å². The molecule has 1 heterocycles. The number of hydrogen-bond donors (Lipinski definition) is 1. The molecule has 0 unspecified atom stereocenters. The summed E-state index contributed by atoms with van der Waals surface area (Å²) in [7, 11) is -3.63. The van der Waals surface area contributed by atoms with Crippen LogP contribution < -0.4 is 5.73 Å². The molecule has 0 atom stereocenters. The van der Waals surface area contributed by atoms with Crippen molar-refractivity contribution in [2.45, 2.75) is 4.90 Å². The van der Waals surface area contributed by atoms with Gasteiger partial charge < -0.3 is 10.3 Å². The summed E-state index contributed by atoms with van der Waals surface area (Å²) >= 11 is 0. The fraction of sp³-hybridized carbons (Fsp3) is 0.100. The Kier molecular flexibility index (Phi) is 2.62. The first-order valence-electron chi connectivity index (χ1n) is 4.60. The maximum absolute atomic E-state index is 13.3. The standard InChI is InChI=1S/C10H9FN2O3S/c1-17(14,15)9-4-6(2-3-7(9)11)8-5-10(12)13-16-8/h2-5H,1H3,(H2,12,13). The molecule has 5 nitrogen and oxygen atoms in total. The van der Waals surface area contributed by atoms with Crippen LogP contribution in [0.25, 0.3) is 11.3 Å². The molecule has 0 spiro atoms. The lowest BCUT2D eigenvalue weighted by Crippen LogP contribution is -2.00. The molecule has 7 heteroatoms. The predicted octanol–water partition coefficient (Wildman–Crippen LogP) is 1.47. The number of nitrogens with zero attached hydrogens (tertiary/aromatic N) is 1. The maximum atomic E-state index is 13.3. The highest BCUT2D eigenvalue weighted by Gasteiger charge is 2.16. The largest absolute Gasteiger partial charge is 0.381 e. The van der Waals surface area contributed by atoms with E-state index in [-0.39, 0.29) is 16.5 Å². The number of sulfone groups is 1. The quantitative estimate of drug-likeness (QED) is 0.879. The van der Waals surface area contributed by atoms with Crippen molar-refractivity contribution in [1.29, 1.82) is 0 Å². The molecular formula is C10H9FN2O3S. The molecule has 0 aliphatic rings. The van der Waals surface area contributed by atoms with Crippen molar-refractivity contribution in [1.82, 2.24) is 5.16 Å². The van der Waals surface area contributed by atoms with Crippen molar-refractivity contribution < 1.29 is 17.3 Å². The summed E-state index contributed by atoms with van der Waals surface area (Å²) < 4.78 is 40.9. The molecule has 90 valence electrons. The van der Waals surface area contributed by atoms with Crippen LogP contribution in [-0.2, 0) is 9.84 Å². The number of rotatable bonds is 2. The number of anilines is 1. The first-order valence-corrected chi connectivity index (χ1v) is 6.49. The zero-order valence-corrected chi connectivity index (χ0v) is 9.66. The summed E-state index contributed by atoms with van der Waals surface area (Å²) in [5.41, 5.74) is 5.77. The number of hydrogen-bond acceptors (Lipinski definition) is 5. The molecular weight excluding hydrogens is 247 g/mol. The van der Waals surface area contributed by atoms with Gasteiger partial charge in [0, 0.05) is 17.9 Å². The van der Waals surface area contributed by atoms with Gasteiger partial charge in [-0.1, -0.05) is 5.16 Å². The van der Waals surface area contributed by atoms with Gasteiger partial charge in [0.1, 0.15) is 10.7 Å². The SMILES string of the molecule is CS(=O)(=O)c1cc(-c2cc(N)no2)ccc1F. The number of benzene rings is 1. The lowest BCUT2D eigenvalue weighted by atomic mass is 10.2. The third-order valence-electron chi connectivity index (χ3n) is 2.14. The van der Waals surface area contributed by atoms with Gasteiger partial charge in [-0.3, -0.25) is 0 Å². The van der Waals surface area contributed by atoms with Gasteiger partial charge in [-0.05, 0) is 18.2 Å². The van der Waals surface area contributed by atoms with Crippen LogP contribution in [0.2, 0.25) is 0 Å². The lowest BCUT2D eigenvalue weighted by molar-refractivity contribution is 0.435. The molecule has 0 saturated carbocycles. The minimum absolute atomic E-state index is 0.172. The van der Waals surface area contributed by atoms with Crippen molar-refractivity contribution in [3.8, 4) is 11.3 Å². The molecule has 2 N–H and O–H groups in total. The number of nitrogens with two attached hydrogens (primary N) is 1. The van der Waals surface area contributed by atoms with Crippen LogP contribution in [0, 0.1) is 5.82 Å². The molecule has 0 aliphatic heterocycles. The van der Waals surface area contributed by atoms with Crippen LogP contribution in [0.15, 0.2) is 33.7 Å². The highest BCUT2D eigenvalue weighted by Crippen LogP contribution is 2.25. The van der Waals surface area contributed by atoms with Gasteiger partial charge in [0.25, 0.3) is 0 Å².